The van der Waals surface area contributed by atoms with Gasteiger partial charge in [0.15, 0.2) is 0 Å². The van der Waals surface area contributed by atoms with Crippen molar-refractivity contribution in [1.82, 2.24) is 4.98 Å². The maximum atomic E-state index is 11.4. The average molecular weight is 556 g/mol. The normalized spacial score (nSPS) is 12.9. The molecule has 0 radical (unpaired) electrons. The number of hydrogen-bond donors (Lipinski definition) is 1. The summed E-state index contributed by atoms with van der Waals surface area (Å²) in [6.45, 7) is 16.0. The van der Waals surface area contributed by atoms with Crippen LogP contribution in [-0.4, -0.2) is 25.5 Å². The van der Waals surface area contributed by atoms with Crippen molar-refractivity contribution >= 4 is 19.2 Å². The van der Waals surface area contributed by atoms with E-state index in [0.717, 1.165) is 51.7 Å². The molecule has 1 heterocycles. The fraction of sp³-hybridized carbons (Fsp3) is 0.400. The number of aryl methyl sites for hydroxylation is 1. The predicted octanol–water partition coefficient (Wildman–Crippen LogP) is 9.50. The van der Waals surface area contributed by atoms with Gasteiger partial charge in [0.1, 0.15) is 11.9 Å². The van der Waals surface area contributed by atoms with Crippen LogP contribution >= 0.6 is 0 Å². The summed E-state index contributed by atoms with van der Waals surface area (Å²) in [6, 6.07) is 24.7. The van der Waals surface area contributed by atoms with Crippen LogP contribution in [-0.2, 0) is 6.42 Å². The van der Waals surface area contributed by atoms with Gasteiger partial charge in [-0.2, -0.15) is 0 Å². The van der Waals surface area contributed by atoms with Crippen LogP contribution in [0.5, 0.6) is 11.6 Å². The molecule has 40 heavy (non-hydrogen) atoms. The van der Waals surface area contributed by atoms with E-state index >= 15 is 0 Å². The number of aromatic nitrogens is 1. The van der Waals surface area contributed by atoms with E-state index in [-0.39, 0.29) is 0 Å². The molecule has 4 rings (SSSR count). The summed E-state index contributed by atoms with van der Waals surface area (Å²) < 4.78 is 12.6. The molecule has 5 heteroatoms. The van der Waals surface area contributed by atoms with Gasteiger partial charge in [-0.15, -0.1) is 0 Å². The number of nitrogens with zero attached hydrogens (tertiary/aromatic N) is 1. The minimum atomic E-state index is -2.11. The number of benzene rings is 3. The van der Waals surface area contributed by atoms with Crippen LogP contribution in [0.1, 0.15) is 77.7 Å². The van der Waals surface area contributed by atoms with Crippen LogP contribution in [0.25, 0.3) is 22.0 Å². The number of ether oxygens (including phenoxy) is 1. The van der Waals surface area contributed by atoms with Gasteiger partial charge in [0, 0.05) is 11.5 Å². The molecule has 0 aliphatic rings. The highest BCUT2D eigenvalue weighted by molar-refractivity contribution is 6.78. The Kier molecular flexibility index (Phi) is 9.37. The highest BCUT2D eigenvalue weighted by Crippen LogP contribution is 2.43. The van der Waals surface area contributed by atoms with Crippen molar-refractivity contribution in [2.75, 3.05) is 7.11 Å². The molecule has 1 aromatic heterocycles. The molecule has 0 aliphatic heterocycles. The summed E-state index contributed by atoms with van der Waals surface area (Å²) >= 11 is 0. The molecule has 4 aromatic rings. The second-order valence-electron chi connectivity index (χ2n) is 11.8. The zero-order chi connectivity index (χ0) is 29.0. The number of aliphatic hydroxyl groups excluding tert-OH is 1. The monoisotopic (exact) mass is 555 g/mol. The summed E-state index contributed by atoms with van der Waals surface area (Å²) in [6.07, 6.45) is 1.35. The van der Waals surface area contributed by atoms with Gasteiger partial charge in [0.25, 0.3) is 8.32 Å². The minimum absolute atomic E-state index is 0.484. The zero-order valence-corrected chi connectivity index (χ0v) is 26.4. The van der Waals surface area contributed by atoms with Gasteiger partial charge in [-0.3, -0.25) is 0 Å². The van der Waals surface area contributed by atoms with E-state index < -0.39 is 14.4 Å². The Hall–Kier alpha value is -3.15. The van der Waals surface area contributed by atoms with Gasteiger partial charge in [0.05, 0.1) is 12.6 Å². The predicted molar refractivity (Wildman–Crippen MR) is 170 cm³/mol. The summed E-state index contributed by atoms with van der Waals surface area (Å²) in [5.41, 5.74) is 7.31. The Balaban J connectivity index is 1.81. The number of aliphatic hydroxyl groups is 1. The van der Waals surface area contributed by atoms with Gasteiger partial charge in [-0.1, -0.05) is 97.4 Å². The minimum Gasteiger partial charge on any atom is -0.543 e. The topological polar surface area (TPSA) is 51.6 Å². The molecule has 0 spiro atoms. The van der Waals surface area contributed by atoms with E-state index in [2.05, 4.69) is 90.9 Å². The molecular formula is C35H45NO3Si. The van der Waals surface area contributed by atoms with Crippen LogP contribution in [0.4, 0.5) is 0 Å². The van der Waals surface area contributed by atoms with Gasteiger partial charge >= 0.3 is 0 Å². The summed E-state index contributed by atoms with van der Waals surface area (Å²) in [7, 11) is -0.460. The molecule has 0 fully saturated rings. The van der Waals surface area contributed by atoms with Gasteiger partial charge < -0.3 is 14.3 Å². The smallest absolute Gasteiger partial charge is 0.258 e. The summed E-state index contributed by atoms with van der Waals surface area (Å²) in [5, 5.41) is 12.3. The zero-order valence-electron chi connectivity index (χ0n) is 25.4. The molecule has 0 aliphatic carbocycles. The quantitative estimate of drug-likeness (QED) is 0.187. The molecule has 1 atom stereocenters. The van der Waals surface area contributed by atoms with Crippen LogP contribution < -0.4 is 9.16 Å². The Labute approximate surface area is 241 Å². The van der Waals surface area contributed by atoms with E-state index in [1.165, 1.54) is 5.56 Å². The van der Waals surface area contributed by atoms with Gasteiger partial charge in [-0.05, 0) is 75.1 Å². The SMILES string of the molecule is CCCc1cccc(C(O)c2ccc3nc(OC)cc(-c4cccc(O[Si](C(C)C)(C(C)C)C(C)C)c4)c3c2)c1. The van der Waals surface area contributed by atoms with Crippen molar-refractivity contribution in [3.8, 4) is 22.8 Å². The first-order valence-electron chi connectivity index (χ1n) is 14.7. The molecular weight excluding hydrogens is 510 g/mol. The van der Waals surface area contributed by atoms with Crippen molar-refractivity contribution < 1.29 is 14.3 Å². The number of fused-ring (bicyclic) bond motifs is 1. The van der Waals surface area contributed by atoms with Gasteiger partial charge in [0.2, 0.25) is 5.88 Å². The second kappa shape index (κ2) is 12.6. The average Bonchev–Trinajstić information content (AvgIpc) is 2.94. The Bertz CT molecular complexity index is 1420. The highest BCUT2D eigenvalue weighted by atomic mass is 28.4. The molecule has 212 valence electrons. The van der Waals surface area contributed by atoms with Crippen molar-refractivity contribution in [3.05, 3.63) is 89.5 Å². The molecule has 0 saturated carbocycles. The first-order valence-corrected chi connectivity index (χ1v) is 16.8. The Morgan fingerprint density at radius 1 is 0.800 bits per heavy atom. The van der Waals surface area contributed by atoms with E-state index in [1.807, 2.05) is 30.3 Å². The van der Waals surface area contributed by atoms with E-state index in [9.17, 15) is 5.11 Å². The first-order chi connectivity index (χ1) is 19.1. The van der Waals surface area contributed by atoms with Crippen molar-refractivity contribution in [2.45, 2.75) is 84.0 Å². The molecule has 3 aromatic carbocycles. The van der Waals surface area contributed by atoms with Crippen molar-refractivity contribution in [3.63, 3.8) is 0 Å². The number of pyridine rings is 1. The van der Waals surface area contributed by atoms with Crippen molar-refractivity contribution in [2.24, 2.45) is 0 Å². The lowest BCUT2D eigenvalue weighted by Crippen LogP contribution is -2.50. The lowest BCUT2D eigenvalue weighted by Gasteiger charge is -2.42. The third kappa shape index (κ3) is 5.96. The van der Waals surface area contributed by atoms with Crippen LogP contribution in [0.2, 0.25) is 16.6 Å². The van der Waals surface area contributed by atoms with E-state index in [1.54, 1.807) is 7.11 Å². The largest absolute Gasteiger partial charge is 0.543 e. The number of methoxy groups -OCH3 is 1. The van der Waals surface area contributed by atoms with Crippen LogP contribution in [0.3, 0.4) is 0 Å². The standard InChI is InChI=1S/C35H45NO3Si/c1-9-12-26-13-10-15-28(19-26)35(37)29-17-18-33-32(21-29)31(22-34(36-33)38-8)27-14-11-16-30(20-27)39-40(23(2)3,24(4)5)25(6)7/h10-11,13-25,35,37H,9,12H2,1-8H3. The lowest BCUT2D eigenvalue weighted by atomic mass is 9.94. The number of hydrogen-bond acceptors (Lipinski definition) is 4. The van der Waals surface area contributed by atoms with Crippen molar-refractivity contribution in [1.29, 1.82) is 0 Å². The second-order valence-corrected chi connectivity index (χ2v) is 17.2. The molecule has 0 amide bonds. The lowest BCUT2D eigenvalue weighted by molar-refractivity contribution is 0.220. The van der Waals surface area contributed by atoms with E-state index in [4.69, 9.17) is 14.1 Å². The maximum absolute atomic E-state index is 11.4. The number of rotatable bonds is 11. The first kappa shape index (κ1) is 29.8. The Morgan fingerprint density at radius 2 is 1.48 bits per heavy atom. The highest BCUT2D eigenvalue weighted by Gasteiger charge is 2.47. The summed E-state index contributed by atoms with van der Waals surface area (Å²) in [4.78, 5) is 4.71. The third-order valence-electron chi connectivity index (χ3n) is 8.29. The molecule has 0 bridgehead atoms. The van der Waals surface area contributed by atoms with Crippen LogP contribution in [0.15, 0.2) is 72.8 Å². The van der Waals surface area contributed by atoms with Crippen LogP contribution in [0, 0.1) is 0 Å². The fourth-order valence-corrected chi connectivity index (χ4v) is 11.7. The maximum Gasteiger partial charge on any atom is 0.258 e. The molecule has 4 nitrogen and oxygen atoms in total. The molecule has 1 unspecified atom stereocenters. The van der Waals surface area contributed by atoms with Gasteiger partial charge in [-0.25, -0.2) is 4.98 Å². The molecule has 0 saturated heterocycles. The molecule has 1 N–H and O–H groups in total. The third-order valence-corrected chi connectivity index (χ3v) is 14.3. The van der Waals surface area contributed by atoms with E-state index in [0.29, 0.717) is 22.5 Å². The summed E-state index contributed by atoms with van der Waals surface area (Å²) in [5.74, 6) is 1.47. The fourth-order valence-electron chi connectivity index (χ4n) is 6.42. The Morgan fingerprint density at radius 3 is 2.12 bits per heavy atom.